The van der Waals surface area contributed by atoms with Crippen molar-refractivity contribution in [1.82, 2.24) is 30.1 Å². The zero-order valence-corrected chi connectivity index (χ0v) is 21.9. The summed E-state index contributed by atoms with van der Waals surface area (Å²) in [6.07, 6.45) is 0. The topological polar surface area (TPSA) is 101 Å². The molecular formula is C27H33N7O3. The van der Waals surface area contributed by atoms with Crippen molar-refractivity contribution in [3.63, 3.8) is 0 Å². The number of pyridine rings is 1. The number of piperazine rings is 1. The van der Waals surface area contributed by atoms with Crippen LogP contribution in [0.2, 0.25) is 0 Å². The molecule has 4 aromatic rings. The number of aromatic amines is 1. The van der Waals surface area contributed by atoms with Gasteiger partial charge in [-0.1, -0.05) is 0 Å². The molecule has 0 spiro atoms. The van der Waals surface area contributed by atoms with Crippen molar-refractivity contribution in [3.8, 4) is 11.5 Å². The van der Waals surface area contributed by atoms with Crippen molar-refractivity contribution in [2.75, 3.05) is 45.3 Å². The fourth-order valence-electron chi connectivity index (χ4n) is 4.90. The number of hydrogen-bond acceptors (Lipinski definition) is 8. The predicted molar refractivity (Wildman–Crippen MR) is 143 cm³/mol. The van der Waals surface area contributed by atoms with Crippen LogP contribution in [0.15, 0.2) is 53.3 Å². The molecule has 10 nitrogen and oxygen atoms in total. The lowest BCUT2D eigenvalue weighted by atomic mass is 10.0. The van der Waals surface area contributed by atoms with Crippen molar-refractivity contribution in [2.45, 2.75) is 32.4 Å². The monoisotopic (exact) mass is 503 g/mol. The van der Waals surface area contributed by atoms with Gasteiger partial charge in [-0.05, 0) is 79.0 Å². The van der Waals surface area contributed by atoms with Gasteiger partial charge in [-0.25, -0.2) is 4.68 Å². The lowest BCUT2D eigenvalue weighted by Crippen LogP contribution is -2.49. The van der Waals surface area contributed by atoms with Gasteiger partial charge in [-0.2, -0.15) is 0 Å². The molecule has 1 aliphatic rings. The molecule has 194 valence electrons. The number of H-pyrrole nitrogens is 1. The Labute approximate surface area is 215 Å². The first kappa shape index (κ1) is 24.8. The summed E-state index contributed by atoms with van der Waals surface area (Å²) in [4.78, 5) is 21.2. The van der Waals surface area contributed by atoms with E-state index in [1.54, 1.807) is 14.2 Å². The molecule has 5 rings (SSSR count). The van der Waals surface area contributed by atoms with Crippen LogP contribution in [0.1, 0.15) is 38.2 Å². The van der Waals surface area contributed by atoms with Crippen LogP contribution in [0, 0.1) is 0 Å². The molecule has 1 fully saturated rings. The molecule has 1 atom stereocenters. The van der Waals surface area contributed by atoms with Gasteiger partial charge in [0.25, 0.3) is 5.56 Å². The van der Waals surface area contributed by atoms with Gasteiger partial charge in [0, 0.05) is 43.5 Å². The SMILES string of the molecule is COc1ccc(N2CCN(C(c3cc4ccc(OC)cc4[nH]c3=O)c3nnnn3C(C)(C)C)CC2)cc1. The van der Waals surface area contributed by atoms with Crippen molar-refractivity contribution in [1.29, 1.82) is 0 Å². The van der Waals surface area contributed by atoms with Crippen LogP contribution < -0.4 is 19.9 Å². The van der Waals surface area contributed by atoms with Crippen LogP contribution in [0.5, 0.6) is 11.5 Å². The van der Waals surface area contributed by atoms with E-state index in [1.165, 1.54) is 0 Å². The Balaban J connectivity index is 1.52. The zero-order valence-electron chi connectivity index (χ0n) is 21.9. The Bertz CT molecular complexity index is 1430. The van der Waals surface area contributed by atoms with Gasteiger partial charge < -0.3 is 19.4 Å². The van der Waals surface area contributed by atoms with Gasteiger partial charge in [-0.15, -0.1) is 5.10 Å². The summed E-state index contributed by atoms with van der Waals surface area (Å²) >= 11 is 0. The number of tetrazole rings is 1. The minimum atomic E-state index is -0.400. The number of rotatable bonds is 6. The van der Waals surface area contributed by atoms with E-state index < -0.39 is 6.04 Å². The maximum absolute atomic E-state index is 13.5. The molecule has 2 aromatic heterocycles. The zero-order chi connectivity index (χ0) is 26.2. The number of ether oxygens (including phenoxy) is 2. The molecule has 1 N–H and O–H groups in total. The average Bonchev–Trinajstić information content (AvgIpc) is 3.40. The Morgan fingerprint density at radius 1 is 0.919 bits per heavy atom. The second-order valence-corrected chi connectivity index (χ2v) is 10.3. The molecule has 10 heteroatoms. The summed E-state index contributed by atoms with van der Waals surface area (Å²) in [5.41, 5.74) is 1.99. The molecule has 37 heavy (non-hydrogen) atoms. The summed E-state index contributed by atoms with van der Waals surface area (Å²) in [6, 6.07) is 15.4. The minimum absolute atomic E-state index is 0.160. The van der Waals surface area contributed by atoms with E-state index in [9.17, 15) is 4.79 Å². The first-order valence-electron chi connectivity index (χ1n) is 12.4. The predicted octanol–water partition coefficient (Wildman–Crippen LogP) is 3.20. The van der Waals surface area contributed by atoms with E-state index in [1.807, 2.05) is 41.1 Å². The summed E-state index contributed by atoms with van der Waals surface area (Å²) in [5, 5.41) is 13.7. The van der Waals surface area contributed by atoms with Gasteiger partial charge in [-0.3, -0.25) is 9.69 Å². The van der Waals surface area contributed by atoms with Crippen LogP contribution >= 0.6 is 0 Å². The molecule has 0 radical (unpaired) electrons. The van der Waals surface area contributed by atoms with Crippen molar-refractivity contribution >= 4 is 16.6 Å². The Morgan fingerprint density at radius 2 is 1.59 bits per heavy atom. The average molecular weight is 504 g/mol. The van der Waals surface area contributed by atoms with Crippen LogP contribution in [0.4, 0.5) is 5.69 Å². The smallest absolute Gasteiger partial charge is 0.253 e. The van der Waals surface area contributed by atoms with E-state index in [0.29, 0.717) is 17.1 Å². The summed E-state index contributed by atoms with van der Waals surface area (Å²) < 4.78 is 12.5. The number of nitrogens with one attached hydrogen (secondary N) is 1. The van der Waals surface area contributed by atoms with E-state index in [2.05, 4.69) is 63.2 Å². The highest BCUT2D eigenvalue weighted by Gasteiger charge is 2.35. The number of nitrogens with zero attached hydrogens (tertiary/aromatic N) is 6. The van der Waals surface area contributed by atoms with Gasteiger partial charge >= 0.3 is 0 Å². The van der Waals surface area contributed by atoms with Gasteiger partial charge in [0.2, 0.25) is 0 Å². The van der Waals surface area contributed by atoms with Gasteiger partial charge in [0.05, 0.1) is 25.3 Å². The normalized spacial score (nSPS) is 15.6. The molecule has 3 heterocycles. The molecule has 0 saturated carbocycles. The molecule has 1 unspecified atom stereocenters. The Hall–Kier alpha value is -3.92. The Morgan fingerprint density at radius 3 is 2.24 bits per heavy atom. The standard InChI is InChI=1S/C27H33N7O3/c1-27(2,3)34-25(29-30-31-34)24(22-16-18-6-9-21(37-5)17-23(18)28-26(22)35)33-14-12-32(13-15-33)19-7-10-20(36-4)11-8-19/h6-11,16-17,24H,12-15H2,1-5H3,(H,28,35). The van der Waals surface area contributed by atoms with Gasteiger partial charge in [0.15, 0.2) is 5.82 Å². The summed E-state index contributed by atoms with van der Waals surface area (Å²) in [5.74, 6) is 2.19. The van der Waals surface area contributed by atoms with Crippen molar-refractivity contribution < 1.29 is 9.47 Å². The summed E-state index contributed by atoms with van der Waals surface area (Å²) in [6.45, 7) is 9.28. The van der Waals surface area contributed by atoms with E-state index in [0.717, 1.165) is 48.5 Å². The Kier molecular flexibility index (Phi) is 6.59. The third-order valence-corrected chi connectivity index (χ3v) is 6.87. The number of methoxy groups -OCH3 is 2. The van der Waals surface area contributed by atoms with Crippen LogP contribution in [-0.4, -0.2) is 70.5 Å². The maximum Gasteiger partial charge on any atom is 0.253 e. The van der Waals surface area contributed by atoms with E-state index in [4.69, 9.17) is 9.47 Å². The first-order valence-corrected chi connectivity index (χ1v) is 12.4. The maximum atomic E-state index is 13.5. The second kappa shape index (κ2) is 9.85. The number of hydrogen-bond donors (Lipinski definition) is 1. The number of fused-ring (bicyclic) bond motifs is 1. The minimum Gasteiger partial charge on any atom is -0.497 e. The third-order valence-electron chi connectivity index (χ3n) is 6.87. The third kappa shape index (κ3) is 4.89. The lowest BCUT2D eigenvalue weighted by molar-refractivity contribution is 0.190. The van der Waals surface area contributed by atoms with Gasteiger partial charge in [0.1, 0.15) is 17.5 Å². The number of aromatic nitrogens is 5. The highest BCUT2D eigenvalue weighted by Crippen LogP contribution is 2.31. The molecule has 2 aromatic carbocycles. The van der Waals surface area contributed by atoms with E-state index in [-0.39, 0.29) is 11.1 Å². The summed E-state index contributed by atoms with van der Waals surface area (Å²) in [7, 11) is 3.28. The lowest BCUT2D eigenvalue weighted by Gasteiger charge is -2.40. The van der Waals surface area contributed by atoms with Crippen LogP contribution in [0.3, 0.4) is 0 Å². The fraction of sp³-hybridized carbons (Fsp3) is 0.407. The molecule has 0 bridgehead atoms. The molecule has 1 saturated heterocycles. The molecular weight excluding hydrogens is 470 g/mol. The fourth-order valence-corrected chi connectivity index (χ4v) is 4.90. The number of benzene rings is 2. The molecule has 0 amide bonds. The number of anilines is 1. The molecule has 0 aliphatic carbocycles. The largest absolute Gasteiger partial charge is 0.497 e. The van der Waals surface area contributed by atoms with Crippen LogP contribution in [-0.2, 0) is 5.54 Å². The van der Waals surface area contributed by atoms with E-state index >= 15 is 0 Å². The van der Waals surface area contributed by atoms with Crippen LogP contribution in [0.25, 0.3) is 10.9 Å². The second-order valence-electron chi connectivity index (χ2n) is 10.3. The molecule has 1 aliphatic heterocycles. The first-order chi connectivity index (χ1) is 17.8. The van der Waals surface area contributed by atoms with Crippen molar-refractivity contribution in [3.05, 3.63) is 70.3 Å². The van der Waals surface area contributed by atoms with Crippen molar-refractivity contribution in [2.24, 2.45) is 0 Å². The quantitative estimate of drug-likeness (QED) is 0.428. The highest BCUT2D eigenvalue weighted by atomic mass is 16.5. The highest BCUT2D eigenvalue weighted by molar-refractivity contribution is 5.80.